The standard InChI is InChI=1S/C11H13NO5S/c1-4-18(15,16)10-7-5-6-9(17-8(2)3)11(10)12(13)14/h4-8H,1H2,2-3H3. The van der Waals surface area contributed by atoms with Gasteiger partial charge in [-0.25, -0.2) is 8.42 Å². The zero-order valence-electron chi connectivity index (χ0n) is 9.99. The summed E-state index contributed by atoms with van der Waals surface area (Å²) in [5.41, 5.74) is -0.564. The van der Waals surface area contributed by atoms with Crippen LogP contribution in [-0.4, -0.2) is 19.4 Å². The van der Waals surface area contributed by atoms with E-state index in [0.717, 1.165) is 6.07 Å². The quantitative estimate of drug-likeness (QED) is 0.605. The molecule has 0 aliphatic carbocycles. The number of hydrogen-bond donors (Lipinski definition) is 0. The van der Waals surface area contributed by atoms with Crippen molar-refractivity contribution in [1.82, 2.24) is 0 Å². The third-order valence-corrected chi connectivity index (χ3v) is 3.41. The molecule has 0 unspecified atom stereocenters. The normalized spacial score (nSPS) is 11.3. The van der Waals surface area contributed by atoms with E-state index in [-0.39, 0.29) is 11.9 Å². The molecule has 0 saturated carbocycles. The molecular weight excluding hydrogens is 258 g/mol. The molecule has 0 saturated heterocycles. The summed E-state index contributed by atoms with van der Waals surface area (Å²) < 4.78 is 28.6. The molecule has 18 heavy (non-hydrogen) atoms. The van der Waals surface area contributed by atoms with Crippen LogP contribution >= 0.6 is 0 Å². The van der Waals surface area contributed by atoms with E-state index in [4.69, 9.17) is 4.74 Å². The smallest absolute Gasteiger partial charge is 0.329 e. The van der Waals surface area contributed by atoms with E-state index in [1.54, 1.807) is 13.8 Å². The maximum absolute atomic E-state index is 11.7. The Morgan fingerprint density at radius 3 is 2.50 bits per heavy atom. The summed E-state index contributed by atoms with van der Waals surface area (Å²) in [6, 6.07) is 3.91. The van der Waals surface area contributed by atoms with Gasteiger partial charge in [0, 0.05) is 5.41 Å². The van der Waals surface area contributed by atoms with Crippen molar-refractivity contribution >= 4 is 15.5 Å². The Hall–Kier alpha value is -1.89. The van der Waals surface area contributed by atoms with Gasteiger partial charge in [-0.15, -0.1) is 0 Å². The lowest BCUT2D eigenvalue weighted by atomic mass is 10.3. The van der Waals surface area contributed by atoms with Gasteiger partial charge in [-0.3, -0.25) is 10.1 Å². The highest BCUT2D eigenvalue weighted by atomic mass is 32.2. The highest BCUT2D eigenvalue weighted by molar-refractivity contribution is 7.94. The predicted molar refractivity (Wildman–Crippen MR) is 66.2 cm³/mol. The number of sulfone groups is 1. The molecular formula is C11H13NO5S. The molecule has 0 fully saturated rings. The van der Waals surface area contributed by atoms with Crippen molar-refractivity contribution in [3.05, 3.63) is 40.3 Å². The van der Waals surface area contributed by atoms with Crippen LogP contribution in [0.3, 0.4) is 0 Å². The molecule has 0 amide bonds. The second kappa shape index (κ2) is 5.18. The third kappa shape index (κ3) is 2.86. The van der Waals surface area contributed by atoms with Crippen LogP contribution in [0.25, 0.3) is 0 Å². The van der Waals surface area contributed by atoms with Gasteiger partial charge in [0.25, 0.3) is 0 Å². The van der Waals surface area contributed by atoms with Gasteiger partial charge in [0.2, 0.25) is 9.84 Å². The van der Waals surface area contributed by atoms with Crippen molar-refractivity contribution < 1.29 is 18.1 Å². The number of rotatable bonds is 5. The molecule has 7 heteroatoms. The van der Waals surface area contributed by atoms with Crippen LogP contribution in [0.5, 0.6) is 5.75 Å². The zero-order valence-corrected chi connectivity index (χ0v) is 10.8. The second-order valence-corrected chi connectivity index (χ2v) is 5.60. The maximum Gasteiger partial charge on any atom is 0.329 e. The summed E-state index contributed by atoms with van der Waals surface area (Å²) in [6.07, 6.45) is -0.301. The number of para-hydroxylation sites is 1. The highest BCUT2D eigenvalue weighted by Crippen LogP contribution is 2.35. The van der Waals surface area contributed by atoms with E-state index in [1.807, 2.05) is 0 Å². The number of ether oxygens (including phenoxy) is 1. The molecule has 0 aliphatic rings. The van der Waals surface area contributed by atoms with Crippen molar-refractivity contribution in [2.75, 3.05) is 0 Å². The summed E-state index contributed by atoms with van der Waals surface area (Å²) in [5.74, 6) is -0.0714. The Bertz CT molecular complexity index is 577. The van der Waals surface area contributed by atoms with Crippen LogP contribution in [0.15, 0.2) is 35.1 Å². The van der Waals surface area contributed by atoms with Crippen LogP contribution < -0.4 is 4.74 Å². The van der Waals surface area contributed by atoms with Gasteiger partial charge < -0.3 is 4.74 Å². The van der Waals surface area contributed by atoms with Crippen LogP contribution in [0.2, 0.25) is 0 Å². The molecule has 0 radical (unpaired) electrons. The van der Waals surface area contributed by atoms with Crippen molar-refractivity contribution in [2.24, 2.45) is 0 Å². The van der Waals surface area contributed by atoms with E-state index in [1.165, 1.54) is 12.1 Å². The molecule has 98 valence electrons. The average Bonchev–Trinajstić information content (AvgIpc) is 2.27. The Morgan fingerprint density at radius 2 is 2.06 bits per heavy atom. The minimum atomic E-state index is -3.89. The summed E-state index contributed by atoms with van der Waals surface area (Å²) in [4.78, 5) is 9.83. The van der Waals surface area contributed by atoms with Gasteiger partial charge in [0.05, 0.1) is 11.0 Å². The van der Waals surface area contributed by atoms with E-state index >= 15 is 0 Å². The molecule has 0 heterocycles. The van der Waals surface area contributed by atoms with E-state index < -0.39 is 25.3 Å². The fourth-order valence-corrected chi connectivity index (χ4v) is 2.24. The molecule has 0 atom stereocenters. The molecule has 0 aliphatic heterocycles. The number of nitro groups is 1. The fraction of sp³-hybridized carbons (Fsp3) is 0.273. The first kappa shape index (κ1) is 14.2. The van der Waals surface area contributed by atoms with Crippen molar-refractivity contribution in [2.45, 2.75) is 24.8 Å². The average molecular weight is 271 g/mol. The summed E-state index contributed by atoms with van der Waals surface area (Å²) >= 11 is 0. The number of nitrogens with zero attached hydrogens (tertiary/aromatic N) is 1. The lowest BCUT2D eigenvalue weighted by molar-refractivity contribution is -0.389. The summed E-state index contributed by atoms with van der Waals surface area (Å²) in [7, 11) is -3.89. The van der Waals surface area contributed by atoms with E-state index in [2.05, 4.69) is 6.58 Å². The Labute approximate surface area is 105 Å². The SMILES string of the molecule is C=CS(=O)(=O)c1cccc(OC(C)C)c1[N+](=O)[O-]. The van der Waals surface area contributed by atoms with Crippen molar-refractivity contribution in [3.8, 4) is 5.75 Å². The molecule has 0 aromatic heterocycles. The molecule has 1 rings (SSSR count). The van der Waals surface area contributed by atoms with Crippen LogP contribution in [-0.2, 0) is 9.84 Å². The molecule has 1 aromatic rings. The lowest BCUT2D eigenvalue weighted by Gasteiger charge is -2.11. The van der Waals surface area contributed by atoms with Gasteiger partial charge in [-0.2, -0.15) is 0 Å². The number of hydrogen-bond acceptors (Lipinski definition) is 5. The zero-order chi connectivity index (χ0) is 13.9. The van der Waals surface area contributed by atoms with E-state index in [9.17, 15) is 18.5 Å². The minimum Gasteiger partial charge on any atom is -0.484 e. The van der Waals surface area contributed by atoms with E-state index in [0.29, 0.717) is 5.41 Å². The van der Waals surface area contributed by atoms with Gasteiger partial charge in [0.15, 0.2) is 10.6 Å². The Kier molecular flexibility index (Phi) is 4.07. The monoisotopic (exact) mass is 271 g/mol. The van der Waals surface area contributed by atoms with Crippen LogP contribution in [0, 0.1) is 10.1 Å². The highest BCUT2D eigenvalue weighted by Gasteiger charge is 2.28. The van der Waals surface area contributed by atoms with Gasteiger partial charge in [-0.05, 0) is 26.0 Å². The first-order chi connectivity index (χ1) is 8.29. The first-order valence-corrected chi connectivity index (χ1v) is 6.66. The first-order valence-electron chi connectivity index (χ1n) is 5.11. The second-order valence-electron chi connectivity index (χ2n) is 3.74. The Morgan fingerprint density at radius 1 is 1.44 bits per heavy atom. The molecule has 1 aromatic carbocycles. The maximum atomic E-state index is 11.7. The number of benzene rings is 1. The van der Waals surface area contributed by atoms with Crippen molar-refractivity contribution in [1.29, 1.82) is 0 Å². The molecule has 0 spiro atoms. The minimum absolute atomic E-state index is 0.0714. The van der Waals surface area contributed by atoms with Gasteiger partial charge in [-0.1, -0.05) is 12.6 Å². The molecule has 6 nitrogen and oxygen atoms in total. The predicted octanol–water partition coefficient (Wildman–Crippen LogP) is 2.30. The topological polar surface area (TPSA) is 86.5 Å². The Balaban J connectivity index is 3.54. The van der Waals surface area contributed by atoms with Crippen molar-refractivity contribution in [3.63, 3.8) is 0 Å². The van der Waals surface area contributed by atoms with Crippen LogP contribution in [0.4, 0.5) is 5.69 Å². The largest absolute Gasteiger partial charge is 0.484 e. The van der Waals surface area contributed by atoms with Gasteiger partial charge >= 0.3 is 5.69 Å². The van der Waals surface area contributed by atoms with Gasteiger partial charge in [0.1, 0.15) is 0 Å². The lowest BCUT2D eigenvalue weighted by Crippen LogP contribution is -2.09. The summed E-state index contributed by atoms with van der Waals surface area (Å²) in [5, 5.41) is 11.7. The fourth-order valence-electron chi connectivity index (χ4n) is 1.35. The molecule has 0 bridgehead atoms. The molecule has 0 N–H and O–H groups in total. The third-order valence-electron chi connectivity index (χ3n) is 2.03. The van der Waals surface area contributed by atoms with Crippen LogP contribution in [0.1, 0.15) is 13.8 Å². The summed E-state index contributed by atoms with van der Waals surface area (Å²) in [6.45, 7) is 6.53. The number of nitro benzene ring substituents is 1.